The van der Waals surface area contributed by atoms with Crippen molar-refractivity contribution >= 4 is 17.0 Å². The Kier molecular flexibility index (Phi) is 4.46. The lowest BCUT2D eigenvalue weighted by Crippen LogP contribution is -2.08. The maximum absolute atomic E-state index is 6.09. The number of aryl methyl sites for hydroxylation is 1. The number of nitrogen functional groups attached to an aromatic ring is 1. The minimum atomic E-state index is 0.421. The van der Waals surface area contributed by atoms with E-state index in [4.69, 9.17) is 5.73 Å². The van der Waals surface area contributed by atoms with E-state index in [0.29, 0.717) is 12.0 Å². The molecule has 3 heteroatoms. The molecule has 1 heterocycles. The summed E-state index contributed by atoms with van der Waals surface area (Å²) in [6, 6.07) is 6.79. The number of anilines is 1. The second-order valence-electron chi connectivity index (χ2n) is 5.53. The molecule has 0 radical (unpaired) electrons. The summed E-state index contributed by atoms with van der Waals surface area (Å²) in [5.41, 5.74) is 9.49. The van der Waals surface area contributed by atoms with Crippen LogP contribution >= 0.6 is 0 Å². The van der Waals surface area contributed by atoms with Gasteiger partial charge in [-0.05, 0) is 38.0 Å². The summed E-state index contributed by atoms with van der Waals surface area (Å²) in [7, 11) is 0. The zero-order valence-electron chi connectivity index (χ0n) is 12.3. The van der Waals surface area contributed by atoms with Crippen LogP contribution < -0.4 is 5.73 Å². The lowest BCUT2D eigenvalue weighted by molar-refractivity contribution is 0.486. The van der Waals surface area contributed by atoms with Crippen LogP contribution in [0.3, 0.4) is 0 Å². The molecule has 104 valence electrons. The topological polar surface area (TPSA) is 43.8 Å². The van der Waals surface area contributed by atoms with Crippen molar-refractivity contribution in [2.45, 2.75) is 58.9 Å². The van der Waals surface area contributed by atoms with Crippen LogP contribution in [0.15, 0.2) is 18.2 Å². The van der Waals surface area contributed by atoms with Crippen LogP contribution in [0, 0.1) is 6.92 Å². The molecule has 0 aliphatic heterocycles. The summed E-state index contributed by atoms with van der Waals surface area (Å²) in [5, 5.41) is 0. The maximum atomic E-state index is 6.09. The van der Waals surface area contributed by atoms with E-state index < -0.39 is 0 Å². The monoisotopic (exact) mass is 259 g/mol. The van der Waals surface area contributed by atoms with E-state index in [1.165, 1.54) is 37.7 Å². The number of nitrogens with zero attached hydrogens (tertiary/aromatic N) is 2. The first-order valence-corrected chi connectivity index (χ1v) is 7.37. The lowest BCUT2D eigenvalue weighted by Gasteiger charge is -2.16. The summed E-state index contributed by atoms with van der Waals surface area (Å²) < 4.78 is 2.18. The van der Waals surface area contributed by atoms with Gasteiger partial charge in [-0.2, -0.15) is 0 Å². The number of unbranched alkanes of at least 4 members (excludes halogenated alkanes) is 3. The smallest absolute Gasteiger partial charge is 0.201 e. The van der Waals surface area contributed by atoms with Crippen LogP contribution in [0.25, 0.3) is 11.0 Å². The number of hydrogen-bond donors (Lipinski definition) is 1. The molecule has 0 spiro atoms. The van der Waals surface area contributed by atoms with Crippen LogP contribution in [-0.4, -0.2) is 9.55 Å². The van der Waals surface area contributed by atoms with Gasteiger partial charge >= 0.3 is 0 Å². The van der Waals surface area contributed by atoms with Crippen molar-refractivity contribution in [3.05, 3.63) is 23.8 Å². The second-order valence-corrected chi connectivity index (χ2v) is 5.53. The average molecular weight is 259 g/mol. The van der Waals surface area contributed by atoms with Crippen LogP contribution in [0.5, 0.6) is 0 Å². The van der Waals surface area contributed by atoms with Gasteiger partial charge in [-0.1, -0.05) is 38.7 Å². The Morgan fingerprint density at radius 1 is 1.26 bits per heavy atom. The highest BCUT2D eigenvalue weighted by molar-refractivity contribution is 5.79. The first-order valence-electron chi connectivity index (χ1n) is 7.37. The third-order valence-corrected chi connectivity index (χ3v) is 3.79. The van der Waals surface area contributed by atoms with Crippen molar-refractivity contribution in [1.82, 2.24) is 9.55 Å². The van der Waals surface area contributed by atoms with E-state index in [9.17, 15) is 0 Å². The van der Waals surface area contributed by atoms with Crippen molar-refractivity contribution in [2.75, 3.05) is 5.73 Å². The Morgan fingerprint density at radius 3 is 2.79 bits per heavy atom. The third kappa shape index (κ3) is 3.09. The predicted octanol–water partition coefficient (Wildman–Crippen LogP) is 4.46. The molecule has 1 unspecified atom stereocenters. The summed E-state index contributed by atoms with van der Waals surface area (Å²) in [6.07, 6.45) is 6.35. The van der Waals surface area contributed by atoms with Gasteiger partial charge in [0.15, 0.2) is 0 Å². The van der Waals surface area contributed by atoms with Crippen LogP contribution in [0.4, 0.5) is 5.95 Å². The standard InChI is InChI=1S/C16H25N3/c1-4-5-6-7-8-13(3)19-15-10-9-12(2)11-14(15)18-16(19)17/h9-11,13H,4-8H2,1-3H3,(H2,17,18). The number of nitrogens with two attached hydrogens (primary N) is 1. The minimum absolute atomic E-state index is 0.421. The second kappa shape index (κ2) is 6.09. The van der Waals surface area contributed by atoms with Crippen molar-refractivity contribution in [3.63, 3.8) is 0 Å². The SMILES string of the molecule is CCCCCCC(C)n1c(N)nc2cc(C)ccc21. The fraction of sp³-hybridized carbons (Fsp3) is 0.562. The molecule has 1 atom stereocenters. The zero-order chi connectivity index (χ0) is 13.8. The van der Waals surface area contributed by atoms with Gasteiger partial charge in [-0.15, -0.1) is 0 Å². The molecule has 2 rings (SSSR count). The Hall–Kier alpha value is -1.51. The quantitative estimate of drug-likeness (QED) is 0.778. The molecule has 0 amide bonds. The number of aromatic nitrogens is 2. The molecule has 0 saturated carbocycles. The summed E-state index contributed by atoms with van der Waals surface area (Å²) in [5.74, 6) is 0.642. The molecule has 2 aromatic rings. The van der Waals surface area contributed by atoms with Gasteiger partial charge in [0.2, 0.25) is 5.95 Å². The van der Waals surface area contributed by atoms with E-state index >= 15 is 0 Å². The van der Waals surface area contributed by atoms with Crippen molar-refractivity contribution in [1.29, 1.82) is 0 Å². The Balaban J connectivity index is 2.16. The molecule has 1 aromatic carbocycles. The predicted molar refractivity (Wildman–Crippen MR) is 82.4 cm³/mol. The number of imidazole rings is 1. The molecular formula is C16H25N3. The van der Waals surface area contributed by atoms with Crippen molar-refractivity contribution in [2.24, 2.45) is 0 Å². The summed E-state index contributed by atoms with van der Waals surface area (Å²) in [6.45, 7) is 6.57. The summed E-state index contributed by atoms with van der Waals surface area (Å²) in [4.78, 5) is 4.48. The first-order chi connectivity index (χ1) is 9.13. The third-order valence-electron chi connectivity index (χ3n) is 3.79. The van der Waals surface area contributed by atoms with E-state index in [-0.39, 0.29) is 0 Å². The molecule has 2 N–H and O–H groups in total. The van der Waals surface area contributed by atoms with E-state index in [1.54, 1.807) is 0 Å². The van der Waals surface area contributed by atoms with Gasteiger partial charge in [-0.3, -0.25) is 0 Å². The van der Waals surface area contributed by atoms with Gasteiger partial charge in [0, 0.05) is 6.04 Å². The summed E-state index contributed by atoms with van der Waals surface area (Å²) >= 11 is 0. The lowest BCUT2D eigenvalue weighted by atomic mass is 10.1. The van der Waals surface area contributed by atoms with Crippen LogP contribution in [-0.2, 0) is 0 Å². The molecular weight excluding hydrogens is 234 g/mol. The number of hydrogen-bond acceptors (Lipinski definition) is 2. The van der Waals surface area contributed by atoms with E-state index in [1.807, 2.05) is 0 Å². The molecule has 0 aliphatic carbocycles. The molecule has 0 fully saturated rings. The molecule has 3 nitrogen and oxygen atoms in total. The number of fused-ring (bicyclic) bond motifs is 1. The molecule has 1 aromatic heterocycles. The van der Waals surface area contributed by atoms with Crippen molar-refractivity contribution in [3.8, 4) is 0 Å². The largest absolute Gasteiger partial charge is 0.369 e. The van der Waals surface area contributed by atoms with Gasteiger partial charge in [0.05, 0.1) is 11.0 Å². The molecule has 0 aliphatic rings. The highest BCUT2D eigenvalue weighted by Gasteiger charge is 2.13. The molecule has 0 saturated heterocycles. The number of benzene rings is 1. The fourth-order valence-corrected chi connectivity index (χ4v) is 2.69. The van der Waals surface area contributed by atoms with Crippen LogP contribution in [0.1, 0.15) is 57.6 Å². The Bertz CT molecular complexity index is 542. The maximum Gasteiger partial charge on any atom is 0.201 e. The highest BCUT2D eigenvalue weighted by Crippen LogP contribution is 2.26. The average Bonchev–Trinajstić information content (AvgIpc) is 2.69. The van der Waals surface area contributed by atoms with Gasteiger partial charge in [-0.25, -0.2) is 4.98 Å². The minimum Gasteiger partial charge on any atom is -0.369 e. The van der Waals surface area contributed by atoms with E-state index in [0.717, 1.165) is 11.0 Å². The Labute approximate surface area is 115 Å². The Morgan fingerprint density at radius 2 is 2.05 bits per heavy atom. The highest BCUT2D eigenvalue weighted by atomic mass is 15.2. The number of rotatable bonds is 6. The molecule has 0 bridgehead atoms. The van der Waals surface area contributed by atoms with Gasteiger partial charge < -0.3 is 10.3 Å². The fourth-order valence-electron chi connectivity index (χ4n) is 2.69. The van der Waals surface area contributed by atoms with Gasteiger partial charge in [0.1, 0.15) is 0 Å². The zero-order valence-corrected chi connectivity index (χ0v) is 12.3. The van der Waals surface area contributed by atoms with E-state index in [2.05, 4.69) is 48.5 Å². The first kappa shape index (κ1) is 13.9. The normalized spacial score (nSPS) is 13.0. The van der Waals surface area contributed by atoms with Crippen molar-refractivity contribution < 1.29 is 0 Å². The van der Waals surface area contributed by atoms with Crippen LogP contribution in [0.2, 0.25) is 0 Å². The van der Waals surface area contributed by atoms with Gasteiger partial charge in [0.25, 0.3) is 0 Å². The molecule has 19 heavy (non-hydrogen) atoms.